The molecule has 2 aliphatic heterocycles. The average molecular weight is 162 g/mol. The summed E-state index contributed by atoms with van der Waals surface area (Å²) >= 11 is 0. The van der Waals surface area contributed by atoms with Crippen LogP contribution in [-0.2, 0) is 9.59 Å². The van der Waals surface area contributed by atoms with Crippen molar-refractivity contribution >= 4 is 17.6 Å². The summed E-state index contributed by atoms with van der Waals surface area (Å²) in [4.78, 5) is 27.1. The fourth-order valence-electron chi connectivity index (χ4n) is 1.12. The largest absolute Gasteiger partial charge is 0.274 e. The summed E-state index contributed by atoms with van der Waals surface area (Å²) in [5, 5.41) is 0. The molecule has 2 aliphatic rings. The maximum absolute atomic E-state index is 11.2. The maximum atomic E-state index is 11.2. The molecule has 0 spiro atoms. The number of nitrogens with zero attached hydrogens (tertiary/aromatic N) is 2. The predicted octanol–water partition coefficient (Wildman–Crippen LogP) is 0.227. The number of amidine groups is 1. The van der Waals surface area contributed by atoms with E-state index in [4.69, 9.17) is 0 Å². The van der Waals surface area contributed by atoms with Gasteiger partial charge in [-0.25, -0.2) is 0 Å². The smallest absolute Gasteiger partial charge is 0.257 e. The molecule has 2 amide bonds. The van der Waals surface area contributed by atoms with Crippen LogP contribution in [0.15, 0.2) is 29.4 Å². The molecule has 0 unspecified atom stereocenters. The van der Waals surface area contributed by atoms with Gasteiger partial charge < -0.3 is 0 Å². The average Bonchev–Trinajstić information content (AvgIpc) is 2.04. The molecule has 0 aliphatic carbocycles. The zero-order valence-corrected chi connectivity index (χ0v) is 6.23. The molecule has 2 rings (SSSR count). The first kappa shape index (κ1) is 6.97. The Morgan fingerprint density at radius 2 is 2.17 bits per heavy atom. The van der Waals surface area contributed by atoms with Crippen molar-refractivity contribution in [3.8, 4) is 0 Å². The van der Waals surface area contributed by atoms with Gasteiger partial charge in [-0.3, -0.25) is 14.5 Å². The van der Waals surface area contributed by atoms with Crippen LogP contribution in [0.2, 0.25) is 0 Å². The van der Waals surface area contributed by atoms with Crippen molar-refractivity contribution in [3.63, 3.8) is 0 Å². The minimum absolute atomic E-state index is 0.123. The fraction of sp³-hybridized carbons (Fsp3) is 0.125. The number of hydrogen-bond acceptors (Lipinski definition) is 2. The Balaban J connectivity index is 2.43. The van der Waals surface area contributed by atoms with E-state index in [-0.39, 0.29) is 18.2 Å². The van der Waals surface area contributed by atoms with E-state index in [1.54, 1.807) is 24.4 Å². The molecular formula is C8H6N2O2. The monoisotopic (exact) mass is 162 g/mol. The Kier molecular flexibility index (Phi) is 1.40. The van der Waals surface area contributed by atoms with Crippen LogP contribution in [0.25, 0.3) is 0 Å². The molecule has 0 saturated heterocycles. The number of rotatable bonds is 0. The summed E-state index contributed by atoms with van der Waals surface area (Å²) in [6.45, 7) is 0. The zero-order chi connectivity index (χ0) is 8.55. The first-order chi connectivity index (χ1) is 5.77. The second-order valence-corrected chi connectivity index (χ2v) is 2.50. The van der Waals surface area contributed by atoms with E-state index in [1.165, 1.54) is 4.90 Å². The lowest BCUT2D eigenvalue weighted by atomic mass is 10.2. The Labute approximate surface area is 68.9 Å². The van der Waals surface area contributed by atoms with E-state index in [0.29, 0.717) is 5.84 Å². The van der Waals surface area contributed by atoms with Crippen molar-refractivity contribution in [3.05, 3.63) is 24.4 Å². The first-order valence-electron chi connectivity index (χ1n) is 3.56. The van der Waals surface area contributed by atoms with Crippen molar-refractivity contribution in [2.24, 2.45) is 4.99 Å². The maximum Gasteiger partial charge on any atom is 0.257 e. The Morgan fingerprint density at radius 1 is 1.33 bits per heavy atom. The van der Waals surface area contributed by atoms with Crippen LogP contribution in [-0.4, -0.2) is 22.5 Å². The SMILES string of the molecule is O=C1CC(=O)N2C=CC=CC2=N1. The van der Waals surface area contributed by atoms with Crippen molar-refractivity contribution < 1.29 is 9.59 Å². The molecule has 0 N–H and O–H groups in total. The van der Waals surface area contributed by atoms with Crippen LogP contribution < -0.4 is 0 Å². The number of aliphatic imine (C=N–C) groups is 1. The lowest BCUT2D eigenvalue weighted by Crippen LogP contribution is -2.37. The fourth-order valence-corrected chi connectivity index (χ4v) is 1.12. The van der Waals surface area contributed by atoms with Gasteiger partial charge in [-0.2, -0.15) is 4.99 Å². The highest BCUT2D eigenvalue weighted by Gasteiger charge is 2.25. The van der Waals surface area contributed by atoms with Gasteiger partial charge in [0, 0.05) is 6.20 Å². The van der Waals surface area contributed by atoms with Crippen molar-refractivity contribution in [2.75, 3.05) is 0 Å². The predicted molar refractivity (Wildman–Crippen MR) is 42.2 cm³/mol. The molecule has 2 heterocycles. The minimum Gasteiger partial charge on any atom is -0.274 e. The van der Waals surface area contributed by atoms with Gasteiger partial charge in [0.25, 0.3) is 5.91 Å². The molecule has 0 saturated carbocycles. The van der Waals surface area contributed by atoms with Crippen LogP contribution in [0.4, 0.5) is 0 Å². The zero-order valence-electron chi connectivity index (χ0n) is 6.23. The Hall–Kier alpha value is -1.71. The van der Waals surface area contributed by atoms with Crippen LogP contribution in [0, 0.1) is 0 Å². The van der Waals surface area contributed by atoms with Crippen LogP contribution in [0.1, 0.15) is 6.42 Å². The quantitative estimate of drug-likeness (QED) is 0.478. The van der Waals surface area contributed by atoms with Gasteiger partial charge >= 0.3 is 0 Å². The summed E-state index contributed by atoms with van der Waals surface area (Å²) in [5.41, 5.74) is 0. The van der Waals surface area contributed by atoms with E-state index in [2.05, 4.69) is 4.99 Å². The number of hydrogen-bond donors (Lipinski definition) is 0. The number of carbonyl (C=O) groups excluding carboxylic acids is 2. The number of fused-ring (bicyclic) bond motifs is 1. The standard InChI is InChI=1S/C8H6N2O2/c11-7-5-8(12)10-4-2-1-3-6(10)9-7/h1-4H,5H2. The summed E-state index contributed by atoms with van der Waals surface area (Å²) in [6.07, 6.45) is 6.58. The second-order valence-electron chi connectivity index (χ2n) is 2.50. The molecule has 0 radical (unpaired) electrons. The molecule has 60 valence electrons. The van der Waals surface area contributed by atoms with Crippen molar-refractivity contribution in [1.82, 2.24) is 4.90 Å². The first-order valence-corrected chi connectivity index (χ1v) is 3.56. The number of carbonyl (C=O) groups is 2. The van der Waals surface area contributed by atoms with Gasteiger partial charge in [0.05, 0.1) is 0 Å². The van der Waals surface area contributed by atoms with E-state index >= 15 is 0 Å². The van der Waals surface area contributed by atoms with Gasteiger partial charge in [0.2, 0.25) is 5.91 Å². The molecule has 4 heteroatoms. The molecular weight excluding hydrogens is 156 g/mol. The molecule has 0 fully saturated rings. The number of allylic oxidation sites excluding steroid dienone is 2. The molecule has 4 nitrogen and oxygen atoms in total. The van der Waals surface area contributed by atoms with E-state index in [0.717, 1.165) is 0 Å². The van der Waals surface area contributed by atoms with Crippen molar-refractivity contribution in [1.29, 1.82) is 0 Å². The summed E-state index contributed by atoms with van der Waals surface area (Å²) in [7, 11) is 0. The third-order valence-corrected chi connectivity index (χ3v) is 1.65. The Bertz CT molecular complexity index is 339. The molecule has 0 bridgehead atoms. The summed E-state index contributed by atoms with van der Waals surface area (Å²) < 4.78 is 0. The van der Waals surface area contributed by atoms with Crippen molar-refractivity contribution in [2.45, 2.75) is 6.42 Å². The lowest BCUT2D eigenvalue weighted by Gasteiger charge is -2.22. The van der Waals surface area contributed by atoms with Gasteiger partial charge in [-0.1, -0.05) is 6.08 Å². The minimum atomic E-state index is -0.369. The third-order valence-electron chi connectivity index (χ3n) is 1.65. The van der Waals surface area contributed by atoms with E-state index in [9.17, 15) is 9.59 Å². The summed E-state index contributed by atoms with van der Waals surface area (Å²) in [6, 6.07) is 0. The third kappa shape index (κ3) is 0.972. The summed E-state index contributed by atoms with van der Waals surface area (Å²) in [5.74, 6) is -0.171. The van der Waals surface area contributed by atoms with Crippen LogP contribution in [0.5, 0.6) is 0 Å². The van der Waals surface area contributed by atoms with Gasteiger partial charge in [0.15, 0.2) is 0 Å². The molecule has 0 aromatic carbocycles. The van der Waals surface area contributed by atoms with Gasteiger partial charge in [-0.05, 0) is 12.2 Å². The van der Waals surface area contributed by atoms with E-state index < -0.39 is 0 Å². The second kappa shape index (κ2) is 2.41. The highest BCUT2D eigenvalue weighted by molar-refractivity contribution is 6.18. The molecule has 0 aromatic rings. The normalized spacial score (nSPS) is 21.0. The van der Waals surface area contributed by atoms with E-state index in [1.807, 2.05) is 0 Å². The molecule has 0 aromatic heterocycles. The molecule has 0 atom stereocenters. The highest BCUT2D eigenvalue weighted by atomic mass is 16.2. The lowest BCUT2D eigenvalue weighted by molar-refractivity contribution is -0.131. The Morgan fingerprint density at radius 3 is 3.00 bits per heavy atom. The number of amides is 2. The molecule has 12 heavy (non-hydrogen) atoms. The highest BCUT2D eigenvalue weighted by Crippen LogP contribution is 2.10. The van der Waals surface area contributed by atoms with Crippen LogP contribution >= 0.6 is 0 Å². The topological polar surface area (TPSA) is 49.7 Å². The van der Waals surface area contributed by atoms with Crippen LogP contribution in [0.3, 0.4) is 0 Å². The van der Waals surface area contributed by atoms with Gasteiger partial charge in [0.1, 0.15) is 12.3 Å². The van der Waals surface area contributed by atoms with Gasteiger partial charge in [-0.15, -0.1) is 0 Å².